The monoisotopic (exact) mass is 221 g/mol. The number of benzene rings is 1. The van der Waals surface area contributed by atoms with E-state index in [-0.39, 0.29) is 12.1 Å². The summed E-state index contributed by atoms with van der Waals surface area (Å²) in [5, 5.41) is 12.7. The maximum absolute atomic E-state index is 9.24. The first-order chi connectivity index (χ1) is 7.70. The average molecular weight is 221 g/mol. The summed E-state index contributed by atoms with van der Waals surface area (Å²) in [6, 6.07) is 8.74. The molecule has 88 valence electrons. The molecule has 0 saturated heterocycles. The van der Waals surface area contributed by atoms with E-state index in [9.17, 15) is 5.11 Å². The zero-order chi connectivity index (χ0) is 11.5. The van der Waals surface area contributed by atoms with Crippen LogP contribution in [0.2, 0.25) is 0 Å². The van der Waals surface area contributed by atoms with Gasteiger partial charge in [-0.05, 0) is 25.8 Å². The molecular formula is C13H19NO2. The van der Waals surface area contributed by atoms with E-state index in [1.54, 1.807) is 7.11 Å². The highest BCUT2D eigenvalue weighted by atomic mass is 16.5. The summed E-state index contributed by atoms with van der Waals surface area (Å²) in [5.41, 5.74) is 1.17. The van der Waals surface area contributed by atoms with Gasteiger partial charge in [0.1, 0.15) is 5.75 Å². The second kappa shape index (κ2) is 4.85. The summed E-state index contributed by atoms with van der Waals surface area (Å²) in [4.78, 5) is 0. The number of para-hydroxylation sites is 1. The summed E-state index contributed by atoms with van der Waals surface area (Å²) >= 11 is 0. The standard InChI is InChI=1S/C13H19NO2/c1-9(14-10-7-11(15)8-10)12-5-3-4-6-13(12)16-2/h3-6,9-11,14-15H,7-8H2,1-2H3. The van der Waals surface area contributed by atoms with Crippen LogP contribution in [0.4, 0.5) is 0 Å². The van der Waals surface area contributed by atoms with Crippen LogP contribution in [0, 0.1) is 0 Å². The molecule has 2 rings (SSSR count). The van der Waals surface area contributed by atoms with Gasteiger partial charge in [-0.1, -0.05) is 18.2 Å². The lowest BCUT2D eigenvalue weighted by molar-refractivity contribution is 0.0584. The number of hydrogen-bond acceptors (Lipinski definition) is 3. The second-order valence-electron chi connectivity index (χ2n) is 4.45. The Labute approximate surface area is 96.4 Å². The van der Waals surface area contributed by atoms with Crippen LogP contribution >= 0.6 is 0 Å². The zero-order valence-corrected chi connectivity index (χ0v) is 9.81. The van der Waals surface area contributed by atoms with Crippen LogP contribution in [0.25, 0.3) is 0 Å². The van der Waals surface area contributed by atoms with Gasteiger partial charge < -0.3 is 15.2 Å². The van der Waals surface area contributed by atoms with Crippen LogP contribution < -0.4 is 10.1 Å². The lowest BCUT2D eigenvalue weighted by Gasteiger charge is -2.34. The molecule has 1 fully saturated rings. The SMILES string of the molecule is COc1ccccc1C(C)NC1CC(O)C1. The molecule has 1 aliphatic rings. The van der Waals surface area contributed by atoms with Crippen LogP contribution in [0.1, 0.15) is 31.4 Å². The summed E-state index contributed by atoms with van der Waals surface area (Å²) in [6.07, 6.45) is 1.61. The summed E-state index contributed by atoms with van der Waals surface area (Å²) in [7, 11) is 1.69. The van der Waals surface area contributed by atoms with Crippen molar-refractivity contribution in [1.82, 2.24) is 5.32 Å². The van der Waals surface area contributed by atoms with E-state index in [2.05, 4.69) is 18.3 Å². The minimum atomic E-state index is -0.109. The molecule has 0 aliphatic heterocycles. The van der Waals surface area contributed by atoms with Crippen molar-refractivity contribution in [1.29, 1.82) is 0 Å². The second-order valence-corrected chi connectivity index (χ2v) is 4.45. The van der Waals surface area contributed by atoms with Crippen LogP contribution in [0.15, 0.2) is 24.3 Å². The molecule has 3 heteroatoms. The minimum Gasteiger partial charge on any atom is -0.496 e. The van der Waals surface area contributed by atoms with E-state index in [1.807, 2.05) is 18.2 Å². The highest BCUT2D eigenvalue weighted by Crippen LogP contribution is 2.28. The lowest BCUT2D eigenvalue weighted by Crippen LogP contribution is -2.45. The number of methoxy groups -OCH3 is 1. The molecule has 3 nitrogen and oxygen atoms in total. The van der Waals surface area contributed by atoms with Crippen molar-refractivity contribution in [2.45, 2.75) is 38.0 Å². The molecule has 0 amide bonds. The highest BCUT2D eigenvalue weighted by molar-refractivity contribution is 5.35. The Morgan fingerprint density at radius 3 is 2.69 bits per heavy atom. The molecule has 1 unspecified atom stereocenters. The van der Waals surface area contributed by atoms with E-state index in [0.29, 0.717) is 6.04 Å². The number of aliphatic hydroxyl groups is 1. The van der Waals surface area contributed by atoms with Crippen molar-refractivity contribution in [3.8, 4) is 5.75 Å². The van der Waals surface area contributed by atoms with Crippen molar-refractivity contribution in [2.75, 3.05) is 7.11 Å². The molecule has 0 bridgehead atoms. The van der Waals surface area contributed by atoms with Gasteiger partial charge in [0, 0.05) is 17.6 Å². The molecule has 2 N–H and O–H groups in total. The summed E-state index contributed by atoms with van der Waals surface area (Å²) < 4.78 is 5.33. The number of ether oxygens (including phenoxy) is 1. The maximum atomic E-state index is 9.24. The van der Waals surface area contributed by atoms with Crippen molar-refractivity contribution < 1.29 is 9.84 Å². The van der Waals surface area contributed by atoms with Crippen LogP contribution in [0.5, 0.6) is 5.75 Å². The first kappa shape index (κ1) is 11.4. The normalized spacial score (nSPS) is 25.9. The third-order valence-electron chi connectivity index (χ3n) is 3.20. The molecule has 16 heavy (non-hydrogen) atoms. The van der Waals surface area contributed by atoms with Crippen LogP contribution in [-0.4, -0.2) is 24.4 Å². The maximum Gasteiger partial charge on any atom is 0.123 e. The predicted molar refractivity (Wildman–Crippen MR) is 63.6 cm³/mol. The number of hydrogen-bond donors (Lipinski definition) is 2. The number of nitrogens with one attached hydrogen (secondary N) is 1. The lowest BCUT2D eigenvalue weighted by atomic mass is 9.88. The van der Waals surface area contributed by atoms with Gasteiger partial charge in [0.25, 0.3) is 0 Å². The molecular weight excluding hydrogens is 202 g/mol. The molecule has 0 radical (unpaired) electrons. The molecule has 0 spiro atoms. The molecule has 0 heterocycles. The van der Waals surface area contributed by atoms with Crippen LogP contribution in [-0.2, 0) is 0 Å². The Kier molecular flexibility index (Phi) is 3.46. The highest BCUT2D eigenvalue weighted by Gasteiger charge is 2.28. The zero-order valence-electron chi connectivity index (χ0n) is 9.81. The quantitative estimate of drug-likeness (QED) is 0.815. The number of aliphatic hydroxyl groups excluding tert-OH is 1. The van der Waals surface area contributed by atoms with Crippen LogP contribution in [0.3, 0.4) is 0 Å². The van der Waals surface area contributed by atoms with Gasteiger partial charge in [-0.3, -0.25) is 0 Å². The summed E-state index contributed by atoms with van der Waals surface area (Å²) in [6.45, 7) is 2.13. The molecule has 1 aliphatic carbocycles. The first-order valence-corrected chi connectivity index (χ1v) is 5.77. The van der Waals surface area contributed by atoms with E-state index < -0.39 is 0 Å². The van der Waals surface area contributed by atoms with Crippen molar-refractivity contribution >= 4 is 0 Å². The van der Waals surface area contributed by atoms with Gasteiger partial charge in [-0.2, -0.15) is 0 Å². The summed E-state index contributed by atoms with van der Waals surface area (Å²) in [5.74, 6) is 0.919. The first-order valence-electron chi connectivity index (χ1n) is 5.77. The fourth-order valence-electron chi connectivity index (χ4n) is 2.19. The van der Waals surface area contributed by atoms with Gasteiger partial charge >= 0.3 is 0 Å². The van der Waals surface area contributed by atoms with E-state index in [1.165, 1.54) is 5.56 Å². The third-order valence-corrected chi connectivity index (χ3v) is 3.20. The minimum absolute atomic E-state index is 0.109. The molecule has 1 atom stereocenters. The van der Waals surface area contributed by atoms with Crippen molar-refractivity contribution in [3.05, 3.63) is 29.8 Å². The van der Waals surface area contributed by atoms with Crippen molar-refractivity contribution in [3.63, 3.8) is 0 Å². The number of rotatable bonds is 4. The Morgan fingerprint density at radius 2 is 2.06 bits per heavy atom. The molecule has 1 aromatic rings. The van der Waals surface area contributed by atoms with Gasteiger partial charge in [-0.15, -0.1) is 0 Å². The van der Waals surface area contributed by atoms with Gasteiger partial charge in [0.15, 0.2) is 0 Å². The smallest absolute Gasteiger partial charge is 0.123 e. The fraction of sp³-hybridized carbons (Fsp3) is 0.538. The Bertz CT molecular complexity index is 348. The molecule has 1 aromatic carbocycles. The van der Waals surface area contributed by atoms with E-state index >= 15 is 0 Å². The Balaban J connectivity index is 1.99. The van der Waals surface area contributed by atoms with Gasteiger partial charge in [0.05, 0.1) is 13.2 Å². The molecule has 1 saturated carbocycles. The van der Waals surface area contributed by atoms with E-state index in [4.69, 9.17) is 4.74 Å². The Morgan fingerprint density at radius 1 is 1.38 bits per heavy atom. The van der Waals surface area contributed by atoms with Gasteiger partial charge in [-0.25, -0.2) is 0 Å². The molecule has 0 aromatic heterocycles. The largest absolute Gasteiger partial charge is 0.496 e. The Hall–Kier alpha value is -1.06. The topological polar surface area (TPSA) is 41.5 Å². The van der Waals surface area contributed by atoms with Crippen molar-refractivity contribution in [2.24, 2.45) is 0 Å². The average Bonchev–Trinajstić information content (AvgIpc) is 2.27. The van der Waals surface area contributed by atoms with Gasteiger partial charge in [0.2, 0.25) is 0 Å². The van der Waals surface area contributed by atoms with E-state index in [0.717, 1.165) is 18.6 Å². The third kappa shape index (κ3) is 2.36. The fourth-order valence-corrected chi connectivity index (χ4v) is 2.19. The predicted octanol–water partition coefficient (Wildman–Crippen LogP) is 1.87.